The first-order valence-corrected chi connectivity index (χ1v) is 5.80. The maximum atomic E-state index is 10.7. The number of nitro groups is 1. The maximum absolute atomic E-state index is 10.7. The molecule has 0 saturated heterocycles. The number of anilines is 1. The van der Waals surface area contributed by atoms with Crippen molar-refractivity contribution in [1.29, 1.82) is 0 Å². The van der Waals surface area contributed by atoms with Crippen LogP contribution in [0.4, 0.5) is 11.5 Å². The maximum Gasteiger partial charge on any atom is 0.301 e. The lowest BCUT2D eigenvalue weighted by Crippen LogP contribution is -2.02. The summed E-state index contributed by atoms with van der Waals surface area (Å²) >= 11 is 1.17. The summed E-state index contributed by atoms with van der Waals surface area (Å²) in [6.45, 7) is 2.59. The molecule has 0 aliphatic heterocycles. The Hall–Kier alpha value is -1.34. The van der Waals surface area contributed by atoms with Crippen molar-refractivity contribution in [2.45, 2.75) is 11.9 Å². The zero-order valence-corrected chi connectivity index (χ0v) is 9.66. The third-order valence-electron chi connectivity index (χ3n) is 1.72. The van der Waals surface area contributed by atoms with E-state index in [0.717, 1.165) is 0 Å². The smallest absolute Gasteiger partial charge is 0.301 e. The molecule has 1 heterocycles. The number of nitrogens with zero attached hydrogens (tertiary/aromatic N) is 2. The summed E-state index contributed by atoms with van der Waals surface area (Å²) in [7, 11) is 0. The topological polar surface area (TPSA) is 88.3 Å². The highest BCUT2D eigenvalue weighted by Gasteiger charge is 2.15. The van der Waals surface area contributed by atoms with E-state index in [9.17, 15) is 10.1 Å². The number of rotatable bonds is 6. The molecular formula is C9H13N3O3S. The van der Waals surface area contributed by atoms with Crippen LogP contribution in [0.1, 0.15) is 6.92 Å². The van der Waals surface area contributed by atoms with Crippen LogP contribution >= 0.6 is 11.8 Å². The quantitative estimate of drug-likeness (QED) is 0.447. The highest BCUT2D eigenvalue weighted by molar-refractivity contribution is 7.99. The standard InChI is InChI=1S/C9H13N3O3S/c1-2-10-8-4-3-7(12(14)15)9(11-8)16-6-5-13/h3-4,13H,2,5-6H2,1H3,(H,10,11). The molecule has 0 amide bonds. The van der Waals surface area contributed by atoms with E-state index in [0.29, 0.717) is 23.1 Å². The van der Waals surface area contributed by atoms with E-state index in [1.165, 1.54) is 17.8 Å². The molecule has 0 atom stereocenters. The minimum Gasteiger partial charge on any atom is -0.396 e. The first kappa shape index (κ1) is 12.7. The van der Waals surface area contributed by atoms with E-state index in [1.807, 2.05) is 6.92 Å². The summed E-state index contributed by atoms with van der Waals surface area (Å²) in [6.07, 6.45) is 0. The van der Waals surface area contributed by atoms with Crippen LogP contribution < -0.4 is 5.32 Å². The predicted molar refractivity (Wildman–Crippen MR) is 62.9 cm³/mol. The lowest BCUT2D eigenvalue weighted by atomic mass is 10.4. The molecule has 0 radical (unpaired) electrons. The van der Waals surface area contributed by atoms with E-state index in [-0.39, 0.29) is 12.3 Å². The molecular weight excluding hydrogens is 230 g/mol. The van der Waals surface area contributed by atoms with Crippen molar-refractivity contribution in [2.75, 3.05) is 24.2 Å². The first-order chi connectivity index (χ1) is 7.69. The average molecular weight is 243 g/mol. The molecule has 7 heteroatoms. The van der Waals surface area contributed by atoms with Crippen molar-refractivity contribution in [1.82, 2.24) is 4.98 Å². The Morgan fingerprint density at radius 1 is 1.62 bits per heavy atom. The van der Waals surface area contributed by atoms with Gasteiger partial charge in [-0.1, -0.05) is 11.8 Å². The van der Waals surface area contributed by atoms with E-state index >= 15 is 0 Å². The average Bonchev–Trinajstić information content (AvgIpc) is 2.26. The molecule has 1 rings (SSSR count). The molecule has 2 N–H and O–H groups in total. The Bertz CT molecular complexity index is 373. The fourth-order valence-corrected chi connectivity index (χ4v) is 1.84. The van der Waals surface area contributed by atoms with Gasteiger partial charge in [-0.15, -0.1) is 0 Å². The second kappa shape index (κ2) is 6.29. The lowest BCUT2D eigenvalue weighted by Gasteiger charge is -2.05. The second-order valence-electron chi connectivity index (χ2n) is 2.88. The van der Waals surface area contributed by atoms with Crippen LogP contribution in [-0.2, 0) is 0 Å². The van der Waals surface area contributed by atoms with Gasteiger partial charge in [0, 0.05) is 18.4 Å². The Morgan fingerprint density at radius 2 is 2.38 bits per heavy atom. The molecule has 0 saturated carbocycles. The Labute approximate surface area is 97.2 Å². The van der Waals surface area contributed by atoms with Gasteiger partial charge in [0.25, 0.3) is 0 Å². The van der Waals surface area contributed by atoms with Crippen LogP contribution in [-0.4, -0.2) is 33.9 Å². The van der Waals surface area contributed by atoms with Gasteiger partial charge in [-0.3, -0.25) is 10.1 Å². The number of hydrogen-bond acceptors (Lipinski definition) is 6. The Morgan fingerprint density at radius 3 is 2.94 bits per heavy atom. The fraction of sp³-hybridized carbons (Fsp3) is 0.444. The van der Waals surface area contributed by atoms with E-state index < -0.39 is 4.92 Å². The molecule has 0 aliphatic carbocycles. The van der Waals surface area contributed by atoms with E-state index in [2.05, 4.69) is 10.3 Å². The van der Waals surface area contributed by atoms with Gasteiger partial charge < -0.3 is 10.4 Å². The lowest BCUT2D eigenvalue weighted by molar-refractivity contribution is -0.388. The normalized spacial score (nSPS) is 10.1. The minimum absolute atomic E-state index is 0.0277. The largest absolute Gasteiger partial charge is 0.396 e. The Kier molecular flexibility index (Phi) is 5.00. The first-order valence-electron chi connectivity index (χ1n) is 4.82. The number of hydrogen-bond donors (Lipinski definition) is 2. The van der Waals surface area contributed by atoms with Crippen LogP contribution in [0.15, 0.2) is 17.2 Å². The molecule has 6 nitrogen and oxygen atoms in total. The number of aromatic nitrogens is 1. The van der Waals surface area contributed by atoms with Gasteiger partial charge >= 0.3 is 5.69 Å². The number of pyridine rings is 1. The molecule has 16 heavy (non-hydrogen) atoms. The van der Waals surface area contributed by atoms with Crippen LogP contribution in [0.5, 0.6) is 0 Å². The van der Waals surface area contributed by atoms with Gasteiger partial charge in [-0.05, 0) is 13.0 Å². The van der Waals surface area contributed by atoms with Gasteiger partial charge in [0.05, 0.1) is 11.5 Å². The highest BCUT2D eigenvalue weighted by atomic mass is 32.2. The molecule has 0 bridgehead atoms. The van der Waals surface area contributed by atoms with Crippen molar-refractivity contribution in [3.63, 3.8) is 0 Å². The van der Waals surface area contributed by atoms with Crippen molar-refractivity contribution in [2.24, 2.45) is 0 Å². The van der Waals surface area contributed by atoms with Crippen LogP contribution in [0, 0.1) is 10.1 Å². The van der Waals surface area contributed by atoms with Crippen LogP contribution in [0.3, 0.4) is 0 Å². The summed E-state index contributed by atoms with van der Waals surface area (Å²) in [4.78, 5) is 14.4. The fourth-order valence-electron chi connectivity index (χ4n) is 1.10. The van der Waals surface area contributed by atoms with Gasteiger partial charge in [0.15, 0.2) is 5.03 Å². The van der Waals surface area contributed by atoms with Crippen molar-refractivity contribution in [3.05, 3.63) is 22.2 Å². The molecule has 88 valence electrons. The molecule has 0 spiro atoms. The van der Waals surface area contributed by atoms with E-state index in [1.54, 1.807) is 6.07 Å². The summed E-state index contributed by atoms with van der Waals surface area (Å²) in [5, 5.41) is 22.7. The highest BCUT2D eigenvalue weighted by Crippen LogP contribution is 2.28. The van der Waals surface area contributed by atoms with Crippen molar-refractivity contribution >= 4 is 23.3 Å². The van der Waals surface area contributed by atoms with Crippen molar-refractivity contribution < 1.29 is 10.0 Å². The van der Waals surface area contributed by atoms with Gasteiger partial charge in [0.2, 0.25) is 0 Å². The summed E-state index contributed by atoms with van der Waals surface area (Å²) in [5.74, 6) is 0.997. The summed E-state index contributed by atoms with van der Waals surface area (Å²) in [6, 6.07) is 3.00. The minimum atomic E-state index is -0.470. The predicted octanol–water partition coefficient (Wildman–Crippen LogP) is 1.51. The molecule has 1 aromatic rings. The monoisotopic (exact) mass is 243 g/mol. The van der Waals surface area contributed by atoms with Crippen LogP contribution in [0.2, 0.25) is 0 Å². The molecule has 0 fully saturated rings. The molecule has 0 aromatic carbocycles. The third-order valence-corrected chi connectivity index (χ3v) is 2.69. The summed E-state index contributed by atoms with van der Waals surface area (Å²) < 4.78 is 0. The number of thioether (sulfide) groups is 1. The van der Waals surface area contributed by atoms with Gasteiger partial charge in [0.1, 0.15) is 5.82 Å². The van der Waals surface area contributed by atoms with Gasteiger partial charge in [-0.2, -0.15) is 0 Å². The van der Waals surface area contributed by atoms with E-state index in [4.69, 9.17) is 5.11 Å². The molecule has 1 aromatic heterocycles. The SMILES string of the molecule is CCNc1ccc([N+](=O)[O-])c(SCCO)n1. The number of aliphatic hydroxyl groups excluding tert-OH is 1. The van der Waals surface area contributed by atoms with Gasteiger partial charge in [-0.25, -0.2) is 4.98 Å². The Balaban J connectivity index is 2.95. The number of aliphatic hydroxyl groups is 1. The molecule has 0 aliphatic rings. The van der Waals surface area contributed by atoms with Crippen molar-refractivity contribution in [3.8, 4) is 0 Å². The zero-order valence-electron chi connectivity index (χ0n) is 8.84. The number of nitrogens with one attached hydrogen (secondary N) is 1. The third kappa shape index (κ3) is 3.35. The molecule has 0 unspecified atom stereocenters. The summed E-state index contributed by atoms with van der Waals surface area (Å²) in [5.41, 5.74) is -0.0277. The zero-order chi connectivity index (χ0) is 12.0. The second-order valence-corrected chi connectivity index (χ2v) is 3.96. The van der Waals surface area contributed by atoms with Crippen LogP contribution in [0.25, 0.3) is 0 Å².